The largest absolute Gasteiger partial charge is 0.507 e. The highest BCUT2D eigenvalue weighted by atomic mass is 16.5. The lowest BCUT2D eigenvalue weighted by atomic mass is 9.87. The maximum absolute atomic E-state index is 13.1. The number of carbonyl (C=O) groups excluding carboxylic acids is 2. The van der Waals surface area contributed by atoms with Crippen molar-refractivity contribution < 1.29 is 19.4 Å². The molecule has 1 saturated carbocycles. The van der Waals surface area contributed by atoms with Gasteiger partial charge in [0.2, 0.25) is 0 Å². The van der Waals surface area contributed by atoms with E-state index in [1.165, 1.54) is 10.7 Å². The Morgan fingerprint density at radius 2 is 1.70 bits per heavy atom. The Labute approximate surface area is 234 Å². The van der Waals surface area contributed by atoms with Crippen LogP contribution in [0.25, 0.3) is 11.3 Å². The second kappa shape index (κ2) is 10.9. The smallest absolute Gasteiger partial charge is 0.342 e. The average molecular weight is 539 g/mol. The second-order valence-corrected chi connectivity index (χ2v) is 11.2. The SMILES string of the molecule is COc1ccc(CNC(=O)n2nc(-c3ccc(NC(=O)c4ccc(C(C)(C)C)cc4)cc3O)cc2C2CC2)cc1. The van der Waals surface area contributed by atoms with Crippen LogP contribution in [0.2, 0.25) is 0 Å². The number of anilines is 1. The van der Waals surface area contributed by atoms with Crippen molar-refractivity contribution in [2.45, 2.75) is 51.5 Å². The molecule has 0 unspecified atom stereocenters. The number of aromatic hydroxyl groups is 1. The van der Waals surface area contributed by atoms with Gasteiger partial charge in [0.15, 0.2) is 0 Å². The summed E-state index contributed by atoms with van der Waals surface area (Å²) in [4.78, 5) is 25.8. The predicted molar refractivity (Wildman–Crippen MR) is 155 cm³/mol. The molecule has 3 aromatic carbocycles. The molecule has 1 aliphatic rings. The van der Waals surface area contributed by atoms with E-state index in [2.05, 4.69) is 36.5 Å². The number of amides is 2. The molecule has 0 radical (unpaired) electrons. The number of hydrogen-bond acceptors (Lipinski definition) is 5. The van der Waals surface area contributed by atoms with Crippen molar-refractivity contribution in [3.05, 3.63) is 95.2 Å². The fraction of sp³-hybridized carbons (Fsp3) is 0.281. The van der Waals surface area contributed by atoms with Crippen LogP contribution in [0.4, 0.5) is 10.5 Å². The molecule has 1 aliphatic carbocycles. The van der Waals surface area contributed by atoms with E-state index in [1.54, 1.807) is 31.4 Å². The van der Waals surface area contributed by atoms with Crippen molar-refractivity contribution in [1.82, 2.24) is 15.1 Å². The van der Waals surface area contributed by atoms with Gasteiger partial charge in [0.1, 0.15) is 11.5 Å². The number of methoxy groups -OCH3 is 1. The van der Waals surface area contributed by atoms with Crippen LogP contribution >= 0.6 is 0 Å². The maximum Gasteiger partial charge on any atom is 0.342 e. The van der Waals surface area contributed by atoms with Crippen molar-refractivity contribution in [3.8, 4) is 22.8 Å². The molecule has 0 spiro atoms. The van der Waals surface area contributed by atoms with E-state index >= 15 is 0 Å². The van der Waals surface area contributed by atoms with E-state index in [9.17, 15) is 14.7 Å². The van der Waals surface area contributed by atoms with E-state index in [0.717, 1.165) is 35.4 Å². The number of phenolic OH excluding ortho intramolecular Hbond substituents is 1. The van der Waals surface area contributed by atoms with Crippen LogP contribution in [0.1, 0.15) is 66.7 Å². The molecular formula is C32H34N4O4. The number of aromatic nitrogens is 2. The quantitative estimate of drug-likeness (QED) is 0.251. The summed E-state index contributed by atoms with van der Waals surface area (Å²) in [5, 5.41) is 21.1. The summed E-state index contributed by atoms with van der Waals surface area (Å²) in [7, 11) is 1.61. The molecule has 8 heteroatoms. The van der Waals surface area contributed by atoms with Crippen LogP contribution in [0, 0.1) is 0 Å². The first kappa shape index (κ1) is 27.0. The first-order chi connectivity index (χ1) is 19.1. The number of nitrogens with one attached hydrogen (secondary N) is 2. The molecule has 0 bridgehead atoms. The summed E-state index contributed by atoms with van der Waals surface area (Å²) in [6, 6.07) is 21.4. The highest BCUT2D eigenvalue weighted by Gasteiger charge is 2.30. The minimum absolute atomic E-state index is 0.000198. The van der Waals surface area contributed by atoms with Crippen LogP contribution in [-0.2, 0) is 12.0 Å². The van der Waals surface area contributed by atoms with Crippen molar-refractivity contribution in [3.63, 3.8) is 0 Å². The second-order valence-electron chi connectivity index (χ2n) is 11.2. The van der Waals surface area contributed by atoms with Gasteiger partial charge >= 0.3 is 6.03 Å². The summed E-state index contributed by atoms with van der Waals surface area (Å²) >= 11 is 0. The Bertz CT molecular complexity index is 1530. The lowest BCUT2D eigenvalue weighted by molar-refractivity contribution is 0.102. The highest BCUT2D eigenvalue weighted by molar-refractivity contribution is 6.04. The molecule has 8 nitrogen and oxygen atoms in total. The van der Waals surface area contributed by atoms with Gasteiger partial charge in [-0.25, -0.2) is 4.79 Å². The third-order valence-electron chi connectivity index (χ3n) is 7.07. The number of ether oxygens (including phenoxy) is 1. The Morgan fingerprint density at radius 1 is 1.00 bits per heavy atom. The summed E-state index contributed by atoms with van der Waals surface area (Å²) < 4.78 is 6.58. The molecule has 206 valence electrons. The Kier molecular flexibility index (Phi) is 7.34. The zero-order chi connectivity index (χ0) is 28.4. The van der Waals surface area contributed by atoms with Gasteiger partial charge in [-0.15, -0.1) is 0 Å². The lowest BCUT2D eigenvalue weighted by Crippen LogP contribution is -2.30. The maximum atomic E-state index is 13.1. The molecule has 0 aliphatic heterocycles. The molecule has 5 rings (SSSR count). The van der Waals surface area contributed by atoms with Crippen LogP contribution in [0.3, 0.4) is 0 Å². The van der Waals surface area contributed by atoms with Crippen LogP contribution in [-0.4, -0.2) is 33.9 Å². The minimum Gasteiger partial charge on any atom is -0.507 e. The summed E-state index contributed by atoms with van der Waals surface area (Å²) in [6.45, 7) is 6.72. The zero-order valence-corrected chi connectivity index (χ0v) is 23.2. The molecular weight excluding hydrogens is 504 g/mol. The van der Waals surface area contributed by atoms with E-state index in [4.69, 9.17) is 4.74 Å². The predicted octanol–water partition coefficient (Wildman–Crippen LogP) is 6.45. The molecule has 1 aromatic heterocycles. The third kappa shape index (κ3) is 6.01. The molecule has 1 fully saturated rings. The van der Waals surface area contributed by atoms with Crippen LogP contribution in [0.15, 0.2) is 72.8 Å². The number of phenols is 1. The Morgan fingerprint density at radius 3 is 2.30 bits per heavy atom. The molecule has 1 heterocycles. The van der Waals surface area contributed by atoms with Gasteiger partial charge in [-0.2, -0.15) is 9.78 Å². The monoisotopic (exact) mass is 538 g/mol. The summed E-state index contributed by atoms with van der Waals surface area (Å²) in [5.74, 6) is 0.717. The molecule has 3 N–H and O–H groups in total. The summed E-state index contributed by atoms with van der Waals surface area (Å²) in [5.41, 5.74) is 4.87. The third-order valence-corrected chi connectivity index (χ3v) is 7.07. The van der Waals surface area contributed by atoms with Gasteiger partial charge in [0, 0.05) is 35.3 Å². The average Bonchev–Trinajstić information content (AvgIpc) is 3.70. The molecule has 0 atom stereocenters. The zero-order valence-electron chi connectivity index (χ0n) is 23.2. The van der Waals surface area contributed by atoms with Gasteiger partial charge in [-0.05, 0) is 71.8 Å². The topological polar surface area (TPSA) is 105 Å². The highest BCUT2D eigenvalue weighted by Crippen LogP contribution is 2.42. The molecule has 40 heavy (non-hydrogen) atoms. The van der Waals surface area contributed by atoms with E-state index < -0.39 is 0 Å². The van der Waals surface area contributed by atoms with E-state index in [-0.39, 0.29) is 29.0 Å². The fourth-order valence-electron chi connectivity index (χ4n) is 4.51. The molecule has 4 aromatic rings. The summed E-state index contributed by atoms with van der Waals surface area (Å²) in [6.07, 6.45) is 1.98. The number of carbonyl (C=O) groups is 2. The van der Waals surface area contributed by atoms with Crippen molar-refractivity contribution in [2.75, 3.05) is 12.4 Å². The van der Waals surface area contributed by atoms with Crippen LogP contribution in [0.5, 0.6) is 11.5 Å². The normalized spacial score (nSPS) is 13.1. The molecule has 0 saturated heterocycles. The van der Waals surface area contributed by atoms with Gasteiger partial charge in [-0.1, -0.05) is 45.0 Å². The standard InChI is InChI=1S/C32H34N4O4/c1-32(2,3)23-11-9-22(10-12-23)30(38)34-24-13-16-26(29(37)17-24)27-18-28(21-7-8-21)36(35-27)31(39)33-19-20-5-14-25(40-4)15-6-20/h5-6,9-18,21,37H,7-8,19H2,1-4H3,(H,33,39)(H,34,38). The van der Waals surface area contributed by atoms with Gasteiger partial charge in [-0.3, -0.25) is 4.79 Å². The van der Waals surface area contributed by atoms with Gasteiger partial charge < -0.3 is 20.5 Å². The Balaban J connectivity index is 1.30. The van der Waals surface area contributed by atoms with E-state index in [0.29, 0.717) is 29.1 Å². The first-order valence-electron chi connectivity index (χ1n) is 13.4. The number of rotatable bonds is 7. The van der Waals surface area contributed by atoms with Gasteiger partial charge in [0.25, 0.3) is 5.91 Å². The van der Waals surface area contributed by atoms with Crippen molar-refractivity contribution >= 4 is 17.6 Å². The number of hydrogen-bond donors (Lipinski definition) is 3. The van der Waals surface area contributed by atoms with Crippen LogP contribution < -0.4 is 15.4 Å². The Hall–Kier alpha value is -4.59. The van der Waals surface area contributed by atoms with E-state index in [1.807, 2.05) is 42.5 Å². The molecule has 2 amide bonds. The minimum atomic E-state index is -0.329. The van der Waals surface area contributed by atoms with Crippen molar-refractivity contribution in [2.24, 2.45) is 0 Å². The van der Waals surface area contributed by atoms with Gasteiger partial charge in [0.05, 0.1) is 18.5 Å². The number of nitrogens with zero attached hydrogens (tertiary/aromatic N) is 2. The number of benzene rings is 3. The lowest BCUT2D eigenvalue weighted by Gasteiger charge is -2.19. The van der Waals surface area contributed by atoms with Crippen molar-refractivity contribution in [1.29, 1.82) is 0 Å². The fourth-order valence-corrected chi connectivity index (χ4v) is 4.51. The first-order valence-corrected chi connectivity index (χ1v) is 13.4.